The number of rotatable bonds is 7. The molecule has 1 aliphatic carbocycles. The average Bonchev–Trinajstić information content (AvgIpc) is 3.35. The Morgan fingerprint density at radius 3 is 2.56 bits per heavy atom. The second-order valence-electron chi connectivity index (χ2n) is 7.44. The van der Waals surface area contributed by atoms with E-state index in [1.807, 2.05) is 56.6 Å². The van der Waals surface area contributed by atoms with Crippen LogP contribution in [0.15, 0.2) is 60.2 Å². The lowest BCUT2D eigenvalue weighted by Gasteiger charge is -2.25. The molecule has 1 amide bonds. The van der Waals surface area contributed by atoms with Gasteiger partial charge in [0.15, 0.2) is 0 Å². The molecule has 2 aromatic carbocycles. The Labute approximate surface area is 165 Å². The summed E-state index contributed by atoms with van der Waals surface area (Å²) < 4.78 is 0. The van der Waals surface area contributed by atoms with E-state index in [1.165, 1.54) is 0 Å². The smallest absolute Gasteiger partial charge is 0.248 e. The molecule has 0 saturated carbocycles. The quantitative estimate of drug-likeness (QED) is 0.767. The molecule has 4 nitrogen and oxygen atoms in total. The molecule has 0 heterocycles. The molecule has 2 N–H and O–H groups in total. The predicted octanol–water partition coefficient (Wildman–Crippen LogP) is 3.53. The minimum absolute atomic E-state index is 0.0167. The number of phenolic OH excluding ortho intramolecular Hbond substituents is 1. The summed E-state index contributed by atoms with van der Waals surface area (Å²) >= 11 is 6.00. The van der Waals surface area contributed by atoms with Gasteiger partial charge in [-0.05, 0) is 50.7 Å². The number of nitrogens with zero attached hydrogens (tertiary/aromatic N) is 1. The lowest BCUT2D eigenvalue weighted by Crippen LogP contribution is -2.42. The number of hydrogen-bond donors (Lipinski definition) is 2. The number of amides is 1. The van der Waals surface area contributed by atoms with Gasteiger partial charge in [0.1, 0.15) is 5.75 Å². The molecule has 5 heteroatoms. The zero-order valence-electron chi connectivity index (χ0n) is 15.9. The van der Waals surface area contributed by atoms with Crippen molar-refractivity contribution in [2.24, 2.45) is 0 Å². The second-order valence-corrected chi connectivity index (χ2v) is 7.85. The molecule has 0 radical (unpaired) electrons. The molecule has 2 atom stereocenters. The molecule has 142 valence electrons. The predicted molar refractivity (Wildman–Crippen MR) is 109 cm³/mol. The van der Waals surface area contributed by atoms with Gasteiger partial charge in [0, 0.05) is 23.6 Å². The van der Waals surface area contributed by atoms with Gasteiger partial charge >= 0.3 is 0 Å². The summed E-state index contributed by atoms with van der Waals surface area (Å²) in [5.41, 5.74) is 2.71. The van der Waals surface area contributed by atoms with Crippen molar-refractivity contribution in [2.45, 2.75) is 24.8 Å². The van der Waals surface area contributed by atoms with Crippen LogP contribution in [0, 0.1) is 0 Å². The number of halogens is 1. The molecule has 0 saturated heterocycles. The number of allylic oxidation sites excluding steroid dienone is 1. The van der Waals surface area contributed by atoms with Crippen molar-refractivity contribution >= 4 is 17.5 Å². The van der Waals surface area contributed by atoms with E-state index in [2.05, 4.69) is 17.1 Å². The van der Waals surface area contributed by atoms with E-state index >= 15 is 0 Å². The minimum Gasteiger partial charge on any atom is -0.506 e. The molecular weight excluding hydrogens is 360 g/mol. The Balaban J connectivity index is 1.59. The summed E-state index contributed by atoms with van der Waals surface area (Å²) in [5.74, 6) is 0.0629. The summed E-state index contributed by atoms with van der Waals surface area (Å²) in [6.45, 7) is 2.60. The van der Waals surface area contributed by atoms with Crippen LogP contribution in [0.3, 0.4) is 0 Å². The standard InChI is InChI=1S/C22H25ClN2O2/c1-22(16-7-5-4-6-8-16)13-18(22)21(27)24-14-17(25(2)3)11-15-9-10-20(26)19(23)12-15/h4-10,12-13,17,26H,11,14H2,1-3H3,(H,24,27)/t17-,22-/m0/s1. The van der Waals surface area contributed by atoms with Crippen molar-refractivity contribution in [3.05, 3.63) is 76.3 Å². The summed E-state index contributed by atoms with van der Waals surface area (Å²) in [6.07, 6.45) is 2.74. The Morgan fingerprint density at radius 1 is 1.22 bits per heavy atom. The highest BCUT2D eigenvalue weighted by Crippen LogP contribution is 2.46. The van der Waals surface area contributed by atoms with E-state index in [1.54, 1.807) is 12.1 Å². The third-order valence-corrected chi connectivity index (χ3v) is 5.54. The van der Waals surface area contributed by atoms with Gasteiger partial charge in [-0.25, -0.2) is 0 Å². The molecular formula is C22H25ClN2O2. The maximum absolute atomic E-state index is 12.6. The normalized spacial score (nSPS) is 19.5. The Morgan fingerprint density at radius 2 is 1.93 bits per heavy atom. The number of carbonyl (C=O) groups is 1. The van der Waals surface area contributed by atoms with Crippen LogP contribution < -0.4 is 5.32 Å². The van der Waals surface area contributed by atoms with E-state index < -0.39 is 0 Å². The number of nitrogens with one attached hydrogen (secondary N) is 1. The van der Waals surface area contributed by atoms with Crippen LogP contribution in [-0.4, -0.2) is 42.6 Å². The first-order valence-corrected chi connectivity index (χ1v) is 9.40. The topological polar surface area (TPSA) is 52.6 Å². The number of aromatic hydroxyl groups is 1. The zero-order valence-corrected chi connectivity index (χ0v) is 16.6. The summed E-state index contributed by atoms with van der Waals surface area (Å²) in [4.78, 5) is 14.7. The van der Waals surface area contributed by atoms with E-state index in [0.717, 1.165) is 23.1 Å². The van der Waals surface area contributed by atoms with Crippen molar-refractivity contribution in [2.75, 3.05) is 20.6 Å². The molecule has 0 aliphatic heterocycles. The average molecular weight is 385 g/mol. The molecule has 3 rings (SSSR count). The lowest BCUT2D eigenvalue weighted by molar-refractivity contribution is -0.117. The Bertz CT molecular complexity index is 864. The van der Waals surface area contributed by atoms with Crippen LogP contribution in [-0.2, 0) is 16.6 Å². The largest absolute Gasteiger partial charge is 0.506 e. The van der Waals surface area contributed by atoms with Gasteiger partial charge in [0.25, 0.3) is 0 Å². The molecule has 27 heavy (non-hydrogen) atoms. The first kappa shape index (κ1) is 19.5. The van der Waals surface area contributed by atoms with E-state index in [0.29, 0.717) is 11.6 Å². The van der Waals surface area contributed by atoms with Crippen molar-refractivity contribution in [1.82, 2.24) is 10.2 Å². The third kappa shape index (κ3) is 4.34. The highest BCUT2D eigenvalue weighted by atomic mass is 35.5. The van der Waals surface area contributed by atoms with Crippen LogP contribution >= 0.6 is 11.6 Å². The molecule has 0 unspecified atom stereocenters. The van der Waals surface area contributed by atoms with Crippen molar-refractivity contribution in [3.8, 4) is 5.75 Å². The third-order valence-electron chi connectivity index (χ3n) is 5.24. The van der Waals surface area contributed by atoms with Gasteiger partial charge < -0.3 is 15.3 Å². The van der Waals surface area contributed by atoms with Gasteiger partial charge in [0.05, 0.1) is 5.02 Å². The minimum atomic E-state index is -0.260. The lowest BCUT2D eigenvalue weighted by atomic mass is 9.92. The zero-order chi connectivity index (χ0) is 19.6. The maximum atomic E-state index is 12.6. The Hall–Kier alpha value is -2.30. The Kier molecular flexibility index (Phi) is 5.59. The highest BCUT2D eigenvalue weighted by Gasteiger charge is 2.44. The van der Waals surface area contributed by atoms with Crippen LogP contribution in [0.4, 0.5) is 0 Å². The first-order chi connectivity index (χ1) is 12.8. The van der Waals surface area contributed by atoms with Crippen LogP contribution in [0.2, 0.25) is 5.02 Å². The number of likely N-dealkylation sites (N-methyl/N-ethyl adjacent to an activating group) is 1. The molecule has 0 bridgehead atoms. The van der Waals surface area contributed by atoms with Crippen molar-refractivity contribution in [1.29, 1.82) is 0 Å². The number of phenols is 1. The first-order valence-electron chi connectivity index (χ1n) is 9.02. The highest BCUT2D eigenvalue weighted by molar-refractivity contribution is 6.32. The van der Waals surface area contributed by atoms with Crippen molar-refractivity contribution in [3.63, 3.8) is 0 Å². The monoisotopic (exact) mass is 384 g/mol. The SMILES string of the molecule is CN(C)[C@H](CNC(=O)C1=C[C@@]1(C)c1ccccc1)Cc1ccc(O)c(Cl)c1. The van der Waals surface area contributed by atoms with Crippen LogP contribution in [0.5, 0.6) is 5.75 Å². The van der Waals surface area contributed by atoms with Crippen molar-refractivity contribution < 1.29 is 9.90 Å². The van der Waals surface area contributed by atoms with E-state index in [9.17, 15) is 9.90 Å². The molecule has 0 aromatic heterocycles. The summed E-state index contributed by atoms with van der Waals surface area (Å²) in [6, 6.07) is 15.4. The summed E-state index contributed by atoms with van der Waals surface area (Å²) in [7, 11) is 3.98. The number of hydrogen-bond acceptors (Lipinski definition) is 3. The second kappa shape index (κ2) is 7.75. The van der Waals surface area contributed by atoms with Gasteiger partial charge in [-0.1, -0.05) is 54.1 Å². The number of benzene rings is 2. The van der Waals surface area contributed by atoms with Crippen LogP contribution in [0.1, 0.15) is 18.1 Å². The summed E-state index contributed by atoms with van der Waals surface area (Å²) in [5, 5.41) is 13.0. The van der Waals surface area contributed by atoms with Gasteiger partial charge in [0.2, 0.25) is 5.91 Å². The molecule has 1 aliphatic rings. The molecule has 0 fully saturated rings. The fourth-order valence-corrected chi connectivity index (χ4v) is 3.47. The van der Waals surface area contributed by atoms with Gasteiger partial charge in [-0.15, -0.1) is 0 Å². The molecule has 0 spiro atoms. The fourth-order valence-electron chi connectivity index (χ4n) is 3.27. The van der Waals surface area contributed by atoms with Gasteiger partial charge in [-0.2, -0.15) is 0 Å². The molecule has 2 aromatic rings. The maximum Gasteiger partial charge on any atom is 0.248 e. The number of carbonyl (C=O) groups excluding carboxylic acids is 1. The fraction of sp³-hybridized carbons (Fsp3) is 0.318. The van der Waals surface area contributed by atoms with Gasteiger partial charge in [-0.3, -0.25) is 4.79 Å². The van der Waals surface area contributed by atoms with E-state index in [4.69, 9.17) is 11.6 Å². The van der Waals surface area contributed by atoms with E-state index in [-0.39, 0.29) is 23.1 Å². The van der Waals surface area contributed by atoms with Crippen LogP contribution in [0.25, 0.3) is 0 Å².